The van der Waals surface area contributed by atoms with Gasteiger partial charge >= 0.3 is 5.97 Å². The quantitative estimate of drug-likeness (QED) is 0.306. The highest BCUT2D eigenvalue weighted by Gasteiger charge is 2.58. The average molecular weight is 559 g/mol. The maximum absolute atomic E-state index is 11.7. The Labute approximate surface area is 242 Å². The molecule has 0 amide bonds. The largest absolute Gasteiger partial charge is 0.481 e. The smallest absolute Gasteiger partial charge is 0.303 e. The number of fused-ring (bicyclic) bond motifs is 8. The Morgan fingerprint density at radius 2 is 1.12 bits per heavy atom. The average Bonchev–Trinajstić information content (AvgIpc) is 3.65. The van der Waals surface area contributed by atoms with Crippen molar-refractivity contribution in [1.29, 1.82) is 0 Å². The Morgan fingerprint density at radius 1 is 0.650 bits per heavy atom. The van der Waals surface area contributed by atoms with E-state index in [1.807, 2.05) is 0 Å². The molecule has 0 radical (unpaired) electrons. The number of aliphatic hydroxyl groups excluding tert-OH is 1. The van der Waals surface area contributed by atoms with Gasteiger partial charge in [0.15, 0.2) is 0 Å². The summed E-state index contributed by atoms with van der Waals surface area (Å²) in [6, 6.07) is 3.52. The molecule has 1 saturated carbocycles. The fourth-order valence-electron chi connectivity index (χ4n) is 11.6. The van der Waals surface area contributed by atoms with Crippen LogP contribution in [0.4, 0.5) is 0 Å². The van der Waals surface area contributed by atoms with Gasteiger partial charge < -0.3 is 31.5 Å². The summed E-state index contributed by atoms with van der Waals surface area (Å²) in [4.78, 5) is 11.7. The third-order valence-electron chi connectivity index (χ3n) is 13.8. The van der Waals surface area contributed by atoms with Gasteiger partial charge in [-0.25, -0.2) is 0 Å². The first kappa shape index (κ1) is 29.3. The minimum Gasteiger partial charge on any atom is -0.481 e. The number of carboxylic acid groups (broad SMARTS) is 1. The molecule has 6 rings (SSSR count). The van der Waals surface area contributed by atoms with Crippen molar-refractivity contribution in [3.8, 4) is 0 Å². The van der Waals surface area contributed by atoms with Gasteiger partial charge in [0.2, 0.25) is 0 Å². The first-order valence-corrected chi connectivity index (χ1v) is 17.1. The standard InChI is InChI=1S/C33H58N4O3/c1-7-19-15(3)23-12-25-17(5)21(9-10-30(39)40)32(36-25)22-11-29(38)31-18(6)26(37-33(22)31)14-28-20(8-2)16(4)24(35-28)13-27(19)34-23/h15-29,31-38H,7-14H2,1-6H3,(H,39,40)/t15?,16?,17-,18?,19?,20?,21-,22?,23?,24?,25?,26?,27?,28?,29?,31?,32?,33?/m0/s1. The molecule has 228 valence electrons. The van der Waals surface area contributed by atoms with Crippen LogP contribution in [0.1, 0.15) is 92.9 Å². The molecule has 5 aliphatic heterocycles. The van der Waals surface area contributed by atoms with Crippen molar-refractivity contribution in [2.24, 2.45) is 53.3 Å². The highest BCUT2D eigenvalue weighted by molar-refractivity contribution is 5.66. The van der Waals surface area contributed by atoms with Crippen LogP contribution >= 0.6 is 0 Å². The van der Waals surface area contributed by atoms with Gasteiger partial charge in [0.05, 0.1) is 6.10 Å². The van der Waals surface area contributed by atoms with Gasteiger partial charge in [-0.15, -0.1) is 0 Å². The molecule has 0 aromatic carbocycles. The lowest BCUT2D eigenvalue weighted by Crippen LogP contribution is -2.48. The Kier molecular flexibility index (Phi) is 8.37. The molecule has 18 atom stereocenters. The molecule has 0 aromatic rings. The summed E-state index contributed by atoms with van der Waals surface area (Å²) in [6.45, 7) is 14.5. The SMILES string of the molecule is CCC1C2CC3NC(CC4NC5C(CC(O)C5C4C)C4NC(CC(N2)C1C)[C@@H](C)[C@@H]4CCC(=O)O)C(CC)C3C. The summed E-state index contributed by atoms with van der Waals surface area (Å²) in [6.07, 6.45) is 7.43. The molecule has 0 aromatic heterocycles. The van der Waals surface area contributed by atoms with E-state index in [2.05, 4.69) is 62.8 Å². The summed E-state index contributed by atoms with van der Waals surface area (Å²) in [5.41, 5.74) is 0. The van der Waals surface area contributed by atoms with Gasteiger partial charge in [0, 0.05) is 60.7 Å². The van der Waals surface area contributed by atoms with Crippen molar-refractivity contribution in [2.75, 3.05) is 0 Å². The molecule has 6 fully saturated rings. The van der Waals surface area contributed by atoms with Crippen LogP contribution in [0.2, 0.25) is 0 Å². The van der Waals surface area contributed by atoms with Crippen LogP contribution < -0.4 is 21.3 Å². The number of aliphatic hydroxyl groups is 1. The summed E-state index contributed by atoms with van der Waals surface area (Å²) >= 11 is 0. The van der Waals surface area contributed by atoms with Crippen LogP contribution in [0.5, 0.6) is 0 Å². The number of carboxylic acids is 1. The highest BCUT2D eigenvalue weighted by Crippen LogP contribution is 2.50. The third kappa shape index (κ3) is 4.88. The van der Waals surface area contributed by atoms with Crippen molar-refractivity contribution in [3.63, 3.8) is 0 Å². The van der Waals surface area contributed by atoms with Gasteiger partial charge in [0.25, 0.3) is 0 Å². The molecular weight excluding hydrogens is 500 g/mol. The Hall–Kier alpha value is -0.730. The molecule has 0 spiro atoms. The lowest BCUT2D eigenvalue weighted by Gasteiger charge is -2.32. The Balaban J connectivity index is 1.34. The number of rotatable bonds is 5. The van der Waals surface area contributed by atoms with E-state index in [9.17, 15) is 15.0 Å². The minimum absolute atomic E-state index is 0.235. The normalized spacial score (nSPS) is 55.7. The van der Waals surface area contributed by atoms with Crippen molar-refractivity contribution < 1.29 is 15.0 Å². The van der Waals surface area contributed by atoms with E-state index in [1.165, 1.54) is 19.3 Å². The Bertz CT molecular complexity index is 918. The second-order valence-corrected chi connectivity index (χ2v) is 15.3. The van der Waals surface area contributed by atoms with E-state index < -0.39 is 5.97 Å². The fraction of sp³-hybridized carbons (Fsp3) is 0.970. The maximum atomic E-state index is 11.7. The van der Waals surface area contributed by atoms with E-state index in [1.54, 1.807) is 0 Å². The second kappa shape index (κ2) is 11.4. The molecule has 1 aliphatic carbocycles. The van der Waals surface area contributed by atoms with Gasteiger partial charge in [-0.2, -0.15) is 0 Å². The molecule has 6 N–H and O–H groups in total. The van der Waals surface area contributed by atoms with E-state index in [0.717, 1.165) is 25.7 Å². The van der Waals surface area contributed by atoms with Gasteiger partial charge in [-0.3, -0.25) is 4.79 Å². The Morgan fingerprint density at radius 3 is 1.68 bits per heavy atom. The molecule has 7 nitrogen and oxygen atoms in total. The lowest BCUT2D eigenvalue weighted by atomic mass is 9.76. The van der Waals surface area contributed by atoms with E-state index in [0.29, 0.717) is 95.6 Å². The first-order valence-electron chi connectivity index (χ1n) is 17.1. The monoisotopic (exact) mass is 558 g/mol. The molecule has 6 aliphatic rings. The van der Waals surface area contributed by atoms with Crippen LogP contribution in [0.3, 0.4) is 0 Å². The zero-order valence-corrected chi connectivity index (χ0v) is 25.9. The van der Waals surface area contributed by atoms with Gasteiger partial charge in [0.1, 0.15) is 0 Å². The zero-order valence-electron chi connectivity index (χ0n) is 25.9. The van der Waals surface area contributed by atoms with Crippen molar-refractivity contribution in [2.45, 2.75) is 147 Å². The topological polar surface area (TPSA) is 106 Å². The molecule has 5 heterocycles. The molecule has 16 unspecified atom stereocenters. The molecular formula is C33H58N4O3. The van der Waals surface area contributed by atoms with E-state index in [-0.39, 0.29) is 18.6 Å². The number of carbonyl (C=O) groups is 1. The number of aliphatic carboxylic acids is 1. The van der Waals surface area contributed by atoms with Gasteiger partial charge in [-0.05, 0) is 79.4 Å². The van der Waals surface area contributed by atoms with Crippen molar-refractivity contribution in [1.82, 2.24) is 21.3 Å². The lowest BCUT2D eigenvalue weighted by molar-refractivity contribution is -0.137. The molecule has 40 heavy (non-hydrogen) atoms. The van der Waals surface area contributed by atoms with Crippen LogP contribution in [0.15, 0.2) is 0 Å². The van der Waals surface area contributed by atoms with Crippen molar-refractivity contribution >= 4 is 5.97 Å². The van der Waals surface area contributed by atoms with Crippen molar-refractivity contribution in [3.05, 3.63) is 0 Å². The molecule has 7 heteroatoms. The number of nitrogens with one attached hydrogen (secondary N) is 4. The molecule has 8 bridgehead atoms. The van der Waals surface area contributed by atoms with Crippen LogP contribution in [0, 0.1) is 53.3 Å². The van der Waals surface area contributed by atoms with E-state index >= 15 is 0 Å². The third-order valence-corrected chi connectivity index (χ3v) is 13.8. The second-order valence-electron chi connectivity index (χ2n) is 15.3. The van der Waals surface area contributed by atoms with Gasteiger partial charge in [-0.1, -0.05) is 54.4 Å². The number of hydrogen-bond acceptors (Lipinski definition) is 6. The zero-order chi connectivity index (χ0) is 28.5. The maximum Gasteiger partial charge on any atom is 0.303 e. The predicted octanol–water partition coefficient (Wildman–Crippen LogP) is 3.61. The van der Waals surface area contributed by atoms with Crippen LogP contribution in [-0.4, -0.2) is 70.6 Å². The number of hydrogen-bond donors (Lipinski definition) is 6. The fourth-order valence-corrected chi connectivity index (χ4v) is 11.6. The first-order chi connectivity index (χ1) is 19.1. The predicted molar refractivity (Wildman–Crippen MR) is 159 cm³/mol. The highest BCUT2D eigenvalue weighted by atomic mass is 16.4. The van der Waals surface area contributed by atoms with Crippen LogP contribution in [-0.2, 0) is 4.79 Å². The summed E-state index contributed by atoms with van der Waals surface area (Å²) in [5.74, 6) is 3.89. The summed E-state index contributed by atoms with van der Waals surface area (Å²) in [5, 5.41) is 37.7. The van der Waals surface area contributed by atoms with E-state index in [4.69, 9.17) is 0 Å². The molecule has 5 saturated heterocycles. The summed E-state index contributed by atoms with van der Waals surface area (Å²) in [7, 11) is 0. The van der Waals surface area contributed by atoms with Crippen LogP contribution in [0.25, 0.3) is 0 Å². The minimum atomic E-state index is -0.688. The summed E-state index contributed by atoms with van der Waals surface area (Å²) < 4.78 is 0.